The summed E-state index contributed by atoms with van der Waals surface area (Å²) in [7, 11) is 0. The highest BCUT2D eigenvalue weighted by Crippen LogP contribution is 2.16. The van der Waals surface area contributed by atoms with Crippen LogP contribution in [0.25, 0.3) is 0 Å². The standard InChI is InChI=1S/C9H15N3OS/c1-5(10)4-11-9(13)8-6(2)12-7(3)14-8/h5H,4,10H2,1-3H3,(H,11,13). The number of hydrogen-bond acceptors (Lipinski definition) is 4. The van der Waals surface area contributed by atoms with Crippen LogP contribution in [0.3, 0.4) is 0 Å². The molecular formula is C9H15N3OS. The van der Waals surface area contributed by atoms with Gasteiger partial charge in [-0.1, -0.05) is 0 Å². The molecule has 78 valence electrons. The lowest BCUT2D eigenvalue weighted by molar-refractivity contribution is 0.0955. The summed E-state index contributed by atoms with van der Waals surface area (Å²) >= 11 is 1.41. The quantitative estimate of drug-likeness (QED) is 0.781. The Hall–Kier alpha value is -0.940. The number of nitrogens with one attached hydrogen (secondary N) is 1. The van der Waals surface area contributed by atoms with Crippen molar-refractivity contribution in [1.29, 1.82) is 0 Å². The van der Waals surface area contributed by atoms with Gasteiger partial charge in [0.1, 0.15) is 4.88 Å². The maximum atomic E-state index is 11.6. The van der Waals surface area contributed by atoms with Gasteiger partial charge < -0.3 is 11.1 Å². The van der Waals surface area contributed by atoms with Gasteiger partial charge in [-0.3, -0.25) is 4.79 Å². The summed E-state index contributed by atoms with van der Waals surface area (Å²) < 4.78 is 0. The number of carbonyl (C=O) groups excluding carboxylic acids is 1. The molecule has 0 saturated carbocycles. The molecule has 0 bridgehead atoms. The second-order valence-electron chi connectivity index (χ2n) is 3.33. The molecule has 0 aliphatic carbocycles. The summed E-state index contributed by atoms with van der Waals surface area (Å²) in [4.78, 5) is 16.5. The van der Waals surface area contributed by atoms with Crippen LogP contribution in [0.4, 0.5) is 0 Å². The SMILES string of the molecule is Cc1nc(C)c(C(=O)NCC(C)N)s1. The van der Waals surface area contributed by atoms with Crippen molar-refractivity contribution in [1.82, 2.24) is 10.3 Å². The first-order valence-electron chi connectivity index (χ1n) is 4.48. The van der Waals surface area contributed by atoms with Crippen LogP contribution in [0, 0.1) is 13.8 Å². The number of rotatable bonds is 3. The summed E-state index contributed by atoms with van der Waals surface area (Å²) in [5.74, 6) is -0.0783. The van der Waals surface area contributed by atoms with Crippen LogP contribution in [0.5, 0.6) is 0 Å². The van der Waals surface area contributed by atoms with Gasteiger partial charge in [0.2, 0.25) is 0 Å². The molecular weight excluding hydrogens is 198 g/mol. The number of hydrogen-bond donors (Lipinski definition) is 2. The van der Waals surface area contributed by atoms with Gasteiger partial charge in [0.15, 0.2) is 0 Å². The maximum Gasteiger partial charge on any atom is 0.263 e. The van der Waals surface area contributed by atoms with Gasteiger partial charge in [-0.2, -0.15) is 0 Å². The lowest BCUT2D eigenvalue weighted by Gasteiger charge is -2.06. The summed E-state index contributed by atoms with van der Waals surface area (Å²) in [6, 6.07) is -0.0201. The van der Waals surface area contributed by atoms with Crippen molar-refractivity contribution in [3.8, 4) is 0 Å². The molecule has 14 heavy (non-hydrogen) atoms. The molecule has 0 aromatic carbocycles. The molecule has 5 heteroatoms. The van der Waals surface area contributed by atoms with E-state index in [0.717, 1.165) is 10.7 Å². The number of nitrogens with two attached hydrogens (primary N) is 1. The first kappa shape index (κ1) is 11.1. The van der Waals surface area contributed by atoms with E-state index in [-0.39, 0.29) is 11.9 Å². The van der Waals surface area contributed by atoms with E-state index in [1.165, 1.54) is 11.3 Å². The van der Waals surface area contributed by atoms with E-state index >= 15 is 0 Å². The molecule has 4 nitrogen and oxygen atoms in total. The minimum Gasteiger partial charge on any atom is -0.350 e. The first-order chi connectivity index (χ1) is 6.50. The Labute approximate surface area is 87.5 Å². The normalized spacial score (nSPS) is 12.6. The van der Waals surface area contributed by atoms with Gasteiger partial charge in [0, 0.05) is 12.6 Å². The summed E-state index contributed by atoms with van der Waals surface area (Å²) in [5.41, 5.74) is 6.32. The van der Waals surface area contributed by atoms with Crippen molar-refractivity contribution in [2.75, 3.05) is 6.54 Å². The average molecular weight is 213 g/mol. The number of carbonyl (C=O) groups is 1. The van der Waals surface area contributed by atoms with Gasteiger partial charge in [0.25, 0.3) is 5.91 Å². The van der Waals surface area contributed by atoms with Gasteiger partial charge in [-0.25, -0.2) is 4.98 Å². The zero-order chi connectivity index (χ0) is 10.7. The van der Waals surface area contributed by atoms with E-state index in [1.807, 2.05) is 20.8 Å². The van der Waals surface area contributed by atoms with Crippen molar-refractivity contribution >= 4 is 17.2 Å². The van der Waals surface area contributed by atoms with Gasteiger partial charge >= 0.3 is 0 Å². The molecule has 0 radical (unpaired) electrons. The molecule has 1 aromatic heterocycles. The van der Waals surface area contributed by atoms with Crippen LogP contribution in [-0.2, 0) is 0 Å². The molecule has 1 amide bonds. The predicted molar refractivity (Wildman–Crippen MR) is 57.6 cm³/mol. The van der Waals surface area contributed by atoms with Gasteiger partial charge in [0.05, 0.1) is 10.7 Å². The molecule has 0 fully saturated rings. The van der Waals surface area contributed by atoms with E-state index in [4.69, 9.17) is 5.73 Å². The minimum absolute atomic E-state index is 0.0201. The van der Waals surface area contributed by atoms with E-state index < -0.39 is 0 Å². The van der Waals surface area contributed by atoms with Crippen molar-refractivity contribution < 1.29 is 4.79 Å². The Bertz CT molecular complexity index is 333. The van der Waals surface area contributed by atoms with Crippen LogP contribution >= 0.6 is 11.3 Å². The Morgan fingerprint density at radius 1 is 1.64 bits per heavy atom. The van der Waals surface area contributed by atoms with E-state index in [1.54, 1.807) is 0 Å². The summed E-state index contributed by atoms with van der Waals surface area (Å²) in [5, 5.41) is 3.67. The van der Waals surface area contributed by atoms with E-state index in [0.29, 0.717) is 11.4 Å². The van der Waals surface area contributed by atoms with E-state index in [9.17, 15) is 4.79 Å². The zero-order valence-electron chi connectivity index (χ0n) is 8.63. The van der Waals surface area contributed by atoms with Gasteiger partial charge in [-0.05, 0) is 20.8 Å². The number of nitrogens with zero attached hydrogens (tertiary/aromatic N) is 1. The largest absolute Gasteiger partial charge is 0.350 e. The second-order valence-corrected chi connectivity index (χ2v) is 4.54. The molecule has 3 N–H and O–H groups in total. The van der Waals surface area contributed by atoms with Crippen molar-refractivity contribution in [3.63, 3.8) is 0 Å². The highest BCUT2D eigenvalue weighted by Gasteiger charge is 2.13. The fraction of sp³-hybridized carbons (Fsp3) is 0.556. The number of aromatic nitrogens is 1. The number of thiazole rings is 1. The maximum absolute atomic E-state index is 11.6. The van der Waals surface area contributed by atoms with Crippen molar-refractivity contribution in [2.24, 2.45) is 5.73 Å². The third-order valence-corrected chi connectivity index (χ3v) is 2.77. The third kappa shape index (κ3) is 2.78. The second kappa shape index (κ2) is 4.52. The highest BCUT2D eigenvalue weighted by molar-refractivity contribution is 7.13. The van der Waals surface area contributed by atoms with Crippen molar-refractivity contribution in [2.45, 2.75) is 26.8 Å². The Morgan fingerprint density at radius 3 is 2.71 bits per heavy atom. The van der Waals surface area contributed by atoms with Gasteiger partial charge in [-0.15, -0.1) is 11.3 Å². The van der Waals surface area contributed by atoms with Crippen LogP contribution in [0.15, 0.2) is 0 Å². The Balaban J connectivity index is 2.65. The fourth-order valence-corrected chi connectivity index (χ4v) is 1.91. The number of amides is 1. The topological polar surface area (TPSA) is 68.0 Å². The highest BCUT2D eigenvalue weighted by atomic mass is 32.1. The molecule has 1 aromatic rings. The smallest absolute Gasteiger partial charge is 0.263 e. The fourth-order valence-electron chi connectivity index (χ4n) is 1.08. The molecule has 1 rings (SSSR count). The van der Waals surface area contributed by atoms with Crippen molar-refractivity contribution in [3.05, 3.63) is 15.6 Å². The first-order valence-corrected chi connectivity index (χ1v) is 5.30. The molecule has 0 aliphatic heterocycles. The molecule has 0 spiro atoms. The predicted octanol–water partition coefficient (Wildman–Crippen LogP) is 0.837. The minimum atomic E-state index is -0.0783. The molecule has 0 saturated heterocycles. The summed E-state index contributed by atoms with van der Waals surface area (Å²) in [6.45, 7) is 6.07. The van der Waals surface area contributed by atoms with Crippen LogP contribution in [0.2, 0.25) is 0 Å². The van der Waals surface area contributed by atoms with E-state index in [2.05, 4.69) is 10.3 Å². The molecule has 1 atom stereocenters. The molecule has 1 heterocycles. The zero-order valence-corrected chi connectivity index (χ0v) is 9.44. The third-order valence-electron chi connectivity index (χ3n) is 1.69. The summed E-state index contributed by atoms with van der Waals surface area (Å²) in [6.07, 6.45) is 0. The lowest BCUT2D eigenvalue weighted by atomic mass is 10.3. The van der Waals surface area contributed by atoms with Crippen LogP contribution < -0.4 is 11.1 Å². The average Bonchev–Trinajstić information content (AvgIpc) is 2.41. The van der Waals surface area contributed by atoms with Crippen LogP contribution in [0.1, 0.15) is 27.3 Å². The molecule has 0 aliphatic rings. The molecule has 1 unspecified atom stereocenters. The Morgan fingerprint density at radius 2 is 2.29 bits per heavy atom. The Kier molecular flexibility index (Phi) is 3.60. The monoisotopic (exact) mass is 213 g/mol. The number of aryl methyl sites for hydroxylation is 2. The lowest BCUT2D eigenvalue weighted by Crippen LogP contribution is -2.35. The van der Waals surface area contributed by atoms with Crippen LogP contribution in [-0.4, -0.2) is 23.5 Å².